The highest BCUT2D eigenvalue weighted by molar-refractivity contribution is 5.93. The predicted molar refractivity (Wildman–Crippen MR) is 93.4 cm³/mol. The van der Waals surface area contributed by atoms with Crippen LogP contribution in [0, 0.1) is 11.8 Å². The van der Waals surface area contributed by atoms with Crippen molar-refractivity contribution in [2.75, 3.05) is 5.32 Å². The van der Waals surface area contributed by atoms with Gasteiger partial charge in [-0.15, -0.1) is 0 Å². The molecule has 7 heteroatoms. The first kappa shape index (κ1) is 20.3. The van der Waals surface area contributed by atoms with Gasteiger partial charge in [-0.05, 0) is 51.2 Å². The number of hydrogen-bond donors (Lipinski definition) is 2. The van der Waals surface area contributed by atoms with Crippen molar-refractivity contribution in [3.63, 3.8) is 0 Å². The van der Waals surface area contributed by atoms with Crippen molar-refractivity contribution in [2.45, 2.75) is 58.2 Å². The molecule has 26 heavy (non-hydrogen) atoms. The van der Waals surface area contributed by atoms with E-state index < -0.39 is 17.6 Å². The van der Waals surface area contributed by atoms with Crippen molar-refractivity contribution in [1.82, 2.24) is 5.32 Å². The third-order valence-electron chi connectivity index (χ3n) is 4.96. The summed E-state index contributed by atoms with van der Waals surface area (Å²) in [5.41, 5.74) is -1.07. The summed E-state index contributed by atoms with van der Waals surface area (Å²) in [6.07, 6.45) is -1.53. The van der Waals surface area contributed by atoms with Gasteiger partial charge in [-0.2, -0.15) is 13.2 Å². The lowest BCUT2D eigenvalue weighted by Crippen LogP contribution is -2.39. The summed E-state index contributed by atoms with van der Waals surface area (Å²) in [6.45, 7) is 3.93. The van der Waals surface area contributed by atoms with Crippen LogP contribution in [0.1, 0.15) is 51.5 Å². The first-order chi connectivity index (χ1) is 12.2. The number of anilines is 1. The second kappa shape index (κ2) is 8.56. The summed E-state index contributed by atoms with van der Waals surface area (Å²) >= 11 is 0. The van der Waals surface area contributed by atoms with Crippen LogP contribution in [0.5, 0.6) is 0 Å². The Hall–Kier alpha value is -2.05. The number of para-hydroxylation sites is 1. The Bertz CT molecular complexity index is 638. The minimum atomic E-state index is -4.52. The molecule has 1 aliphatic carbocycles. The maximum Gasteiger partial charge on any atom is 0.418 e. The number of hydrogen-bond acceptors (Lipinski definition) is 2. The fourth-order valence-corrected chi connectivity index (χ4v) is 3.15. The van der Waals surface area contributed by atoms with E-state index in [-0.39, 0.29) is 29.5 Å². The Morgan fingerprint density at radius 1 is 1.08 bits per heavy atom. The van der Waals surface area contributed by atoms with Crippen LogP contribution in [0.25, 0.3) is 0 Å². The van der Waals surface area contributed by atoms with Crippen LogP contribution >= 0.6 is 0 Å². The summed E-state index contributed by atoms with van der Waals surface area (Å²) in [6, 6.07) is 5.07. The van der Waals surface area contributed by atoms with Crippen LogP contribution < -0.4 is 10.6 Å². The molecule has 0 bridgehead atoms. The van der Waals surface area contributed by atoms with Crippen LogP contribution in [0.15, 0.2) is 24.3 Å². The van der Waals surface area contributed by atoms with Crippen molar-refractivity contribution >= 4 is 17.5 Å². The molecule has 2 rings (SSSR count). The van der Waals surface area contributed by atoms with Gasteiger partial charge in [0, 0.05) is 17.9 Å². The highest BCUT2D eigenvalue weighted by atomic mass is 19.4. The molecule has 0 aliphatic heterocycles. The fourth-order valence-electron chi connectivity index (χ4n) is 3.15. The lowest BCUT2D eigenvalue weighted by molar-refractivity contribution is -0.137. The maximum absolute atomic E-state index is 13.0. The van der Waals surface area contributed by atoms with E-state index >= 15 is 0 Å². The number of alkyl halides is 3. The molecule has 1 unspecified atom stereocenters. The molecule has 0 radical (unpaired) electrons. The number of benzene rings is 1. The highest BCUT2D eigenvalue weighted by Crippen LogP contribution is 2.36. The lowest BCUT2D eigenvalue weighted by atomic mass is 9.81. The third kappa shape index (κ3) is 5.22. The van der Waals surface area contributed by atoms with E-state index in [2.05, 4.69) is 10.6 Å². The largest absolute Gasteiger partial charge is 0.418 e. The quantitative estimate of drug-likeness (QED) is 0.809. The molecule has 4 nitrogen and oxygen atoms in total. The number of amides is 2. The van der Waals surface area contributed by atoms with E-state index in [0.29, 0.717) is 25.7 Å². The summed E-state index contributed by atoms with van der Waals surface area (Å²) in [5, 5.41) is 5.36. The van der Waals surface area contributed by atoms with Crippen molar-refractivity contribution in [3.05, 3.63) is 29.8 Å². The van der Waals surface area contributed by atoms with Crippen LogP contribution in [-0.4, -0.2) is 17.9 Å². The molecule has 1 fully saturated rings. The topological polar surface area (TPSA) is 58.2 Å². The predicted octanol–water partition coefficient (Wildman–Crippen LogP) is 4.37. The number of halogens is 3. The molecule has 0 aromatic heterocycles. The van der Waals surface area contributed by atoms with E-state index in [1.165, 1.54) is 18.2 Å². The van der Waals surface area contributed by atoms with E-state index in [1.807, 2.05) is 13.8 Å². The van der Waals surface area contributed by atoms with Crippen LogP contribution in [0.4, 0.5) is 18.9 Å². The van der Waals surface area contributed by atoms with E-state index in [4.69, 9.17) is 0 Å². The number of carbonyl (C=O) groups excluding carboxylic acids is 2. The zero-order valence-corrected chi connectivity index (χ0v) is 15.0. The van der Waals surface area contributed by atoms with Crippen molar-refractivity contribution < 1.29 is 22.8 Å². The van der Waals surface area contributed by atoms with Gasteiger partial charge in [0.2, 0.25) is 11.8 Å². The zero-order chi connectivity index (χ0) is 19.3. The Kier molecular flexibility index (Phi) is 6.67. The first-order valence-electron chi connectivity index (χ1n) is 8.99. The maximum atomic E-state index is 13.0. The Morgan fingerprint density at radius 2 is 1.62 bits per heavy atom. The average Bonchev–Trinajstić information content (AvgIpc) is 2.61. The van der Waals surface area contributed by atoms with Crippen molar-refractivity contribution in [1.29, 1.82) is 0 Å². The standard InChI is InChI=1S/C19H25F3N2O2/c1-3-12(2)23-17(25)13-8-10-14(11-9-13)18(26)24-16-7-5-4-6-15(16)19(20,21)22/h4-7,12-14H,3,8-11H2,1-2H3,(H,23,25)(H,24,26). The molecule has 1 aromatic carbocycles. The molecule has 0 saturated heterocycles. The van der Waals surface area contributed by atoms with Gasteiger partial charge in [-0.25, -0.2) is 0 Å². The van der Waals surface area contributed by atoms with Gasteiger partial charge in [0.05, 0.1) is 11.3 Å². The second-order valence-electron chi connectivity index (χ2n) is 6.90. The summed E-state index contributed by atoms with van der Waals surface area (Å²) in [5.74, 6) is -0.914. The third-order valence-corrected chi connectivity index (χ3v) is 4.96. The highest BCUT2D eigenvalue weighted by Gasteiger charge is 2.35. The minimum Gasteiger partial charge on any atom is -0.353 e. The monoisotopic (exact) mass is 370 g/mol. The molecule has 0 heterocycles. The molecule has 0 spiro atoms. The van der Waals surface area contributed by atoms with E-state index in [0.717, 1.165) is 12.5 Å². The number of rotatable bonds is 5. The summed E-state index contributed by atoms with van der Waals surface area (Å²) in [7, 11) is 0. The normalized spacial score (nSPS) is 21.7. The van der Waals surface area contributed by atoms with Crippen LogP contribution in [-0.2, 0) is 15.8 Å². The smallest absolute Gasteiger partial charge is 0.353 e. The van der Waals surface area contributed by atoms with Gasteiger partial charge < -0.3 is 10.6 Å². The molecular formula is C19H25F3N2O2. The SMILES string of the molecule is CCC(C)NC(=O)C1CCC(C(=O)Nc2ccccc2C(F)(F)F)CC1. The van der Waals surface area contributed by atoms with E-state index in [9.17, 15) is 22.8 Å². The molecule has 144 valence electrons. The average molecular weight is 370 g/mol. The van der Waals surface area contributed by atoms with Gasteiger partial charge >= 0.3 is 6.18 Å². The molecular weight excluding hydrogens is 345 g/mol. The van der Waals surface area contributed by atoms with Crippen molar-refractivity contribution in [3.8, 4) is 0 Å². The lowest BCUT2D eigenvalue weighted by Gasteiger charge is -2.28. The van der Waals surface area contributed by atoms with Gasteiger partial charge in [-0.3, -0.25) is 9.59 Å². The van der Waals surface area contributed by atoms with Gasteiger partial charge in [0.1, 0.15) is 0 Å². The number of nitrogens with one attached hydrogen (secondary N) is 2. The van der Waals surface area contributed by atoms with E-state index in [1.54, 1.807) is 0 Å². The van der Waals surface area contributed by atoms with Crippen molar-refractivity contribution in [2.24, 2.45) is 11.8 Å². The molecule has 2 N–H and O–H groups in total. The van der Waals surface area contributed by atoms with Crippen LogP contribution in [0.2, 0.25) is 0 Å². The summed E-state index contributed by atoms with van der Waals surface area (Å²) < 4.78 is 39.1. The second-order valence-corrected chi connectivity index (χ2v) is 6.90. The molecule has 2 amide bonds. The molecule has 1 aliphatic rings. The Labute approximate surface area is 151 Å². The van der Waals surface area contributed by atoms with Gasteiger partial charge in [0.15, 0.2) is 0 Å². The first-order valence-corrected chi connectivity index (χ1v) is 8.99. The summed E-state index contributed by atoms with van der Waals surface area (Å²) in [4.78, 5) is 24.5. The van der Waals surface area contributed by atoms with Gasteiger partial charge in [-0.1, -0.05) is 19.1 Å². The molecule has 1 saturated carbocycles. The number of carbonyl (C=O) groups is 2. The minimum absolute atomic E-state index is 0.000579. The zero-order valence-electron chi connectivity index (χ0n) is 15.0. The van der Waals surface area contributed by atoms with Gasteiger partial charge in [0.25, 0.3) is 0 Å². The molecule has 1 atom stereocenters. The Balaban J connectivity index is 1.93. The Morgan fingerprint density at radius 3 is 2.15 bits per heavy atom. The fraction of sp³-hybridized carbons (Fsp3) is 0.579. The van der Waals surface area contributed by atoms with Crippen LogP contribution in [0.3, 0.4) is 0 Å². The molecule has 1 aromatic rings.